The molecule has 20 heavy (non-hydrogen) atoms. The predicted molar refractivity (Wildman–Crippen MR) is 76.5 cm³/mol. The highest BCUT2D eigenvalue weighted by molar-refractivity contribution is 7.09. The highest BCUT2D eigenvalue weighted by Crippen LogP contribution is 2.27. The van der Waals surface area contributed by atoms with Crippen LogP contribution in [-0.2, 0) is 17.6 Å². The number of carbonyl (C=O) groups is 1. The Morgan fingerprint density at radius 1 is 1.40 bits per heavy atom. The van der Waals surface area contributed by atoms with Crippen molar-refractivity contribution in [1.29, 1.82) is 0 Å². The summed E-state index contributed by atoms with van der Waals surface area (Å²) >= 11 is 13.2. The second kappa shape index (κ2) is 6.92. The fourth-order valence-electron chi connectivity index (χ4n) is 1.53. The number of ether oxygens (including phenoxy) is 1. The van der Waals surface area contributed by atoms with Gasteiger partial charge in [0.05, 0.1) is 22.3 Å². The molecule has 0 spiro atoms. The molecule has 0 fully saturated rings. The second-order valence-electron chi connectivity index (χ2n) is 3.95. The minimum Gasteiger partial charge on any atom is -0.550 e. The molecule has 2 aromatic rings. The molecule has 0 bridgehead atoms. The number of thiazole rings is 1. The van der Waals surface area contributed by atoms with Gasteiger partial charge in [-0.25, -0.2) is 4.98 Å². The van der Waals surface area contributed by atoms with E-state index in [4.69, 9.17) is 27.9 Å². The Labute approximate surface area is 129 Å². The lowest BCUT2D eigenvalue weighted by Crippen LogP contribution is -2.24. The molecule has 1 heterocycles. The number of hydrogen-bond donors (Lipinski definition) is 0. The molecule has 0 aliphatic heterocycles. The number of carboxylic acids is 1. The molecule has 7 heteroatoms. The summed E-state index contributed by atoms with van der Waals surface area (Å²) < 4.78 is 5.53. The smallest absolute Gasteiger partial charge is 0.139 e. The summed E-state index contributed by atoms with van der Waals surface area (Å²) in [6.07, 6.45) is 0.401. The Morgan fingerprint density at radius 2 is 2.20 bits per heavy atom. The molecule has 4 nitrogen and oxygen atoms in total. The number of benzene rings is 1. The summed E-state index contributed by atoms with van der Waals surface area (Å²) in [5, 5.41) is 14.0. The maximum absolute atomic E-state index is 10.4. The van der Waals surface area contributed by atoms with Gasteiger partial charge < -0.3 is 14.6 Å². The number of carbonyl (C=O) groups excluding carboxylic acids is 1. The molecule has 106 valence electrons. The van der Waals surface area contributed by atoms with Gasteiger partial charge in [0, 0.05) is 35.3 Å². The summed E-state index contributed by atoms with van der Waals surface area (Å²) in [6, 6.07) is 5.00. The van der Waals surface area contributed by atoms with E-state index in [1.807, 2.05) is 0 Å². The van der Waals surface area contributed by atoms with Crippen molar-refractivity contribution in [3.63, 3.8) is 0 Å². The van der Waals surface area contributed by atoms with Gasteiger partial charge >= 0.3 is 0 Å². The van der Waals surface area contributed by atoms with Gasteiger partial charge in [-0.1, -0.05) is 23.2 Å². The second-order valence-corrected chi connectivity index (χ2v) is 5.74. The molecule has 0 N–H and O–H groups in total. The van der Waals surface area contributed by atoms with Crippen LogP contribution in [0.1, 0.15) is 10.7 Å². The van der Waals surface area contributed by atoms with Crippen LogP contribution in [-0.4, -0.2) is 17.6 Å². The van der Waals surface area contributed by atoms with E-state index in [2.05, 4.69) is 4.98 Å². The third-order valence-corrected chi connectivity index (χ3v) is 3.90. The molecule has 0 saturated heterocycles. The fourth-order valence-corrected chi connectivity index (χ4v) is 2.64. The van der Waals surface area contributed by atoms with Gasteiger partial charge in [-0.05, 0) is 12.1 Å². The molecule has 2 rings (SSSR count). The van der Waals surface area contributed by atoms with E-state index in [0.29, 0.717) is 34.5 Å². The minimum absolute atomic E-state index is 0.169. The minimum atomic E-state index is -1.14. The van der Waals surface area contributed by atoms with Crippen molar-refractivity contribution >= 4 is 40.5 Å². The fraction of sp³-hybridized carbons (Fsp3) is 0.231. The molecule has 0 saturated carbocycles. The van der Waals surface area contributed by atoms with Crippen LogP contribution in [0.25, 0.3) is 0 Å². The van der Waals surface area contributed by atoms with E-state index in [0.717, 1.165) is 5.01 Å². The van der Waals surface area contributed by atoms with E-state index in [1.54, 1.807) is 23.6 Å². The maximum atomic E-state index is 10.4. The van der Waals surface area contributed by atoms with Gasteiger partial charge in [-0.3, -0.25) is 0 Å². The standard InChI is InChI=1S/C13H11Cl2NO3S/c14-8-1-2-10(15)11(5-8)19-4-3-12-16-9(7-20-12)6-13(17)18/h1-2,5,7H,3-4,6H2,(H,17,18)/p-1. The molecule has 0 radical (unpaired) electrons. The van der Waals surface area contributed by atoms with E-state index < -0.39 is 5.97 Å². The first-order chi connectivity index (χ1) is 9.54. The lowest BCUT2D eigenvalue weighted by atomic mass is 10.3. The lowest BCUT2D eigenvalue weighted by Gasteiger charge is -2.07. The number of rotatable bonds is 6. The van der Waals surface area contributed by atoms with Crippen LogP contribution in [0.4, 0.5) is 0 Å². The normalized spacial score (nSPS) is 10.5. The third-order valence-electron chi connectivity index (χ3n) is 2.39. The summed E-state index contributed by atoms with van der Waals surface area (Å²) in [5.74, 6) is -0.616. The van der Waals surface area contributed by atoms with Crippen molar-refractivity contribution in [2.24, 2.45) is 0 Å². The molecule has 0 amide bonds. The zero-order valence-electron chi connectivity index (χ0n) is 10.3. The van der Waals surface area contributed by atoms with Gasteiger partial charge in [0.25, 0.3) is 0 Å². The first kappa shape index (κ1) is 15.1. The number of aliphatic carboxylic acids is 1. The van der Waals surface area contributed by atoms with Crippen molar-refractivity contribution in [1.82, 2.24) is 4.98 Å². The van der Waals surface area contributed by atoms with Crippen LogP contribution >= 0.6 is 34.5 Å². The quantitative estimate of drug-likeness (QED) is 0.815. The molecule has 0 unspecified atom stereocenters. The number of halogens is 2. The highest BCUT2D eigenvalue weighted by Gasteiger charge is 2.05. The van der Waals surface area contributed by atoms with E-state index in [1.165, 1.54) is 11.3 Å². The lowest BCUT2D eigenvalue weighted by molar-refractivity contribution is -0.304. The average molecular weight is 331 g/mol. The zero-order chi connectivity index (χ0) is 14.5. The summed E-state index contributed by atoms with van der Waals surface area (Å²) in [4.78, 5) is 14.6. The van der Waals surface area contributed by atoms with Crippen LogP contribution in [0.3, 0.4) is 0 Å². The summed E-state index contributed by atoms with van der Waals surface area (Å²) in [7, 11) is 0. The Balaban J connectivity index is 1.88. The molecular formula is C13H10Cl2NO3S-. The van der Waals surface area contributed by atoms with Crippen molar-refractivity contribution < 1.29 is 14.6 Å². The van der Waals surface area contributed by atoms with Crippen molar-refractivity contribution in [3.8, 4) is 5.75 Å². The molecule has 0 aliphatic carbocycles. The van der Waals surface area contributed by atoms with Gasteiger partial charge in [0.1, 0.15) is 5.75 Å². The van der Waals surface area contributed by atoms with E-state index in [9.17, 15) is 9.90 Å². The van der Waals surface area contributed by atoms with E-state index in [-0.39, 0.29) is 6.42 Å². The predicted octanol–water partition coefficient (Wildman–Crippen LogP) is 2.36. The Kier molecular flexibility index (Phi) is 5.23. The van der Waals surface area contributed by atoms with Crippen LogP contribution in [0, 0.1) is 0 Å². The number of aromatic nitrogens is 1. The third kappa shape index (κ3) is 4.37. The SMILES string of the molecule is O=C([O-])Cc1csc(CCOc2cc(Cl)ccc2Cl)n1. The molecule has 1 aromatic heterocycles. The maximum Gasteiger partial charge on any atom is 0.139 e. The van der Waals surface area contributed by atoms with Crippen LogP contribution < -0.4 is 9.84 Å². The number of nitrogens with zero attached hydrogens (tertiary/aromatic N) is 1. The van der Waals surface area contributed by atoms with Gasteiger partial charge in [0.2, 0.25) is 0 Å². The van der Waals surface area contributed by atoms with Crippen molar-refractivity contribution in [2.75, 3.05) is 6.61 Å². The van der Waals surface area contributed by atoms with Crippen LogP contribution in [0.15, 0.2) is 23.6 Å². The van der Waals surface area contributed by atoms with Crippen LogP contribution in [0.2, 0.25) is 10.0 Å². The molecular weight excluding hydrogens is 321 g/mol. The molecule has 0 atom stereocenters. The van der Waals surface area contributed by atoms with Crippen molar-refractivity contribution in [2.45, 2.75) is 12.8 Å². The Hall–Kier alpha value is -1.30. The van der Waals surface area contributed by atoms with Gasteiger partial charge in [-0.2, -0.15) is 0 Å². The van der Waals surface area contributed by atoms with Gasteiger partial charge in [0.15, 0.2) is 0 Å². The molecule has 1 aromatic carbocycles. The monoisotopic (exact) mass is 330 g/mol. The zero-order valence-corrected chi connectivity index (χ0v) is 12.6. The first-order valence-electron chi connectivity index (χ1n) is 5.75. The highest BCUT2D eigenvalue weighted by atomic mass is 35.5. The molecule has 0 aliphatic rings. The van der Waals surface area contributed by atoms with Crippen LogP contribution in [0.5, 0.6) is 5.75 Å². The Bertz CT molecular complexity index is 615. The van der Waals surface area contributed by atoms with E-state index >= 15 is 0 Å². The van der Waals surface area contributed by atoms with Gasteiger partial charge in [-0.15, -0.1) is 11.3 Å². The van der Waals surface area contributed by atoms with Crippen molar-refractivity contribution in [3.05, 3.63) is 44.3 Å². The summed E-state index contributed by atoms with van der Waals surface area (Å²) in [5.41, 5.74) is 0.505. The average Bonchev–Trinajstić information content (AvgIpc) is 2.80. The number of hydrogen-bond acceptors (Lipinski definition) is 5. The summed E-state index contributed by atoms with van der Waals surface area (Å²) in [6.45, 7) is 0.387. The number of carboxylic acid groups (broad SMARTS) is 1. The first-order valence-corrected chi connectivity index (χ1v) is 7.39. The largest absolute Gasteiger partial charge is 0.550 e. The topological polar surface area (TPSA) is 62.2 Å². The Morgan fingerprint density at radius 3 is 2.95 bits per heavy atom.